The zero-order valence-corrected chi connectivity index (χ0v) is 9.18. The molecule has 0 amide bonds. The topological polar surface area (TPSA) is 25.8 Å². The summed E-state index contributed by atoms with van der Waals surface area (Å²) in [6, 6.07) is 4.57. The summed E-state index contributed by atoms with van der Waals surface area (Å²) in [4.78, 5) is 8.34. The summed E-state index contributed by atoms with van der Waals surface area (Å²) < 4.78 is 13.4. The Bertz CT molecular complexity index is 480. The van der Waals surface area contributed by atoms with Crippen molar-refractivity contribution in [1.29, 1.82) is 0 Å². The molecule has 0 spiro atoms. The van der Waals surface area contributed by atoms with E-state index in [4.69, 9.17) is 0 Å². The van der Waals surface area contributed by atoms with E-state index < -0.39 is 0 Å². The van der Waals surface area contributed by atoms with Crippen molar-refractivity contribution >= 4 is 26.8 Å². The first kappa shape index (κ1) is 9.52. The predicted octanol–water partition coefficient (Wildman–Crippen LogP) is 3.09. The van der Waals surface area contributed by atoms with Crippen LogP contribution in [-0.4, -0.2) is 9.97 Å². The Labute approximate surface area is 89.3 Å². The molecule has 0 radical (unpaired) electrons. The van der Waals surface area contributed by atoms with E-state index in [-0.39, 0.29) is 5.82 Å². The summed E-state index contributed by atoms with van der Waals surface area (Å²) in [6.07, 6.45) is 0.809. The van der Waals surface area contributed by atoms with Crippen LogP contribution in [0.2, 0.25) is 0 Å². The van der Waals surface area contributed by atoms with Gasteiger partial charge in [0.25, 0.3) is 0 Å². The summed E-state index contributed by atoms with van der Waals surface area (Å²) in [6.45, 7) is 2.01. The van der Waals surface area contributed by atoms with E-state index in [0.717, 1.165) is 17.5 Å². The summed E-state index contributed by atoms with van der Waals surface area (Å²) >= 11 is 3.20. The molecule has 0 saturated heterocycles. The smallest absolute Gasteiger partial charge is 0.197 e. The standard InChI is InChI=1S/C10H8BrFN2/c1-2-8-7-4-3-6(12)5-9(7)14-10(11)13-8/h3-5H,2H2,1H3. The lowest BCUT2D eigenvalue weighted by molar-refractivity contribution is 0.629. The van der Waals surface area contributed by atoms with Gasteiger partial charge >= 0.3 is 0 Å². The van der Waals surface area contributed by atoms with Crippen LogP contribution >= 0.6 is 15.9 Å². The first-order valence-corrected chi connectivity index (χ1v) is 5.11. The van der Waals surface area contributed by atoms with Gasteiger partial charge in [-0.3, -0.25) is 0 Å². The van der Waals surface area contributed by atoms with Crippen LogP contribution in [0.1, 0.15) is 12.6 Å². The zero-order valence-electron chi connectivity index (χ0n) is 7.59. The molecule has 0 saturated carbocycles. The average Bonchev–Trinajstić information content (AvgIpc) is 2.15. The molecule has 0 unspecified atom stereocenters. The van der Waals surface area contributed by atoms with E-state index in [1.54, 1.807) is 6.07 Å². The van der Waals surface area contributed by atoms with Crippen molar-refractivity contribution < 1.29 is 4.39 Å². The van der Waals surface area contributed by atoms with Crippen molar-refractivity contribution in [2.24, 2.45) is 0 Å². The fraction of sp³-hybridized carbons (Fsp3) is 0.200. The van der Waals surface area contributed by atoms with Crippen molar-refractivity contribution in [3.63, 3.8) is 0 Å². The van der Waals surface area contributed by atoms with Crippen LogP contribution in [0.4, 0.5) is 4.39 Å². The van der Waals surface area contributed by atoms with Crippen LogP contribution in [0.5, 0.6) is 0 Å². The maximum atomic E-state index is 12.9. The minimum atomic E-state index is -0.273. The van der Waals surface area contributed by atoms with Gasteiger partial charge in [0.1, 0.15) is 5.82 Å². The lowest BCUT2D eigenvalue weighted by Crippen LogP contribution is -1.94. The first-order chi connectivity index (χ1) is 6.70. The van der Waals surface area contributed by atoms with Crippen LogP contribution in [0.15, 0.2) is 22.9 Å². The molecule has 1 aromatic heterocycles. The van der Waals surface area contributed by atoms with Crippen LogP contribution in [-0.2, 0) is 6.42 Å². The summed E-state index contributed by atoms with van der Waals surface area (Å²) in [5.41, 5.74) is 1.57. The minimum absolute atomic E-state index is 0.273. The predicted molar refractivity (Wildman–Crippen MR) is 56.6 cm³/mol. The van der Waals surface area contributed by atoms with Gasteiger partial charge in [0.2, 0.25) is 0 Å². The lowest BCUT2D eigenvalue weighted by Gasteiger charge is -2.03. The third-order valence-corrected chi connectivity index (χ3v) is 2.40. The van der Waals surface area contributed by atoms with Gasteiger partial charge in [-0.2, -0.15) is 0 Å². The molecule has 0 aliphatic rings. The van der Waals surface area contributed by atoms with Gasteiger partial charge in [0.15, 0.2) is 4.73 Å². The van der Waals surface area contributed by atoms with Gasteiger partial charge in [-0.1, -0.05) is 6.92 Å². The number of nitrogens with zero attached hydrogens (tertiary/aromatic N) is 2. The number of hydrogen-bond donors (Lipinski definition) is 0. The Morgan fingerprint density at radius 1 is 1.36 bits per heavy atom. The number of rotatable bonds is 1. The Morgan fingerprint density at radius 2 is 2.14 bits per heavy atom. The van der Waals surface area contributed by atoms with Crippen LogP contribution in [0.3, 0.4) is 0 Å². The van der Waals surface area contributed by atoms with Crippen LogP contribution < -0.4 is 0 Å². The first-order valence-electron chi connectivity index (χ1n) is 4.32. The maximum absolute atomic E-state index is 12.9. The zero-order chi connectivity index (χ0) is 10.1. The summed E-state index contributed by atoms with van der Waals surface area (Å²) in [7, 11) is 0. The second kappa shape index (κ2) is 3.61. The molecule has 2 nitrogen and oxygen atoms in total. The number of aryl methyl sites for hydroxylation is 1. The summed E-state index contributed by atoms with van der Waals surface area (Å²) in [5, 5.41) is 0.914. The molecule has 1 aromatic carbocycles. The Balaban J connectivity index is 2.81. The van der Waals surface area contributed by atoms with E-state index in [2.05, 4.69) is 25.9 Å². The van der Waals surface area contributed by atoms with Crippen molar-refractivity contribution in [3.8, 4) is 0 Å². The number of fused-ring (bicyclic) bond motifs is 1. The van der Waals surface area contributed by atoms with E-state index in [9.17, 15) is 4.39 Å². The highest BCUT2D eigenvalue weighted by atomic mass is 79.9. The third-order valence-electron chi connectivity index (χ3n) is 2.05. The van der Waals surface area contributed by atoms with Gasteiger partial charge in [0, 0.05) is 11.5 Å². The SMILES string of the molecule is CCc1nc(Br)nc2cc(F)ccc12. The highest BCUT2D eigenvalue weighted by Gasteiger charge is 2.05. The molecule has 0 aliphatic carbocycles. The fourth-order valence-corrected chi connectivity index (χ4v) is 1.81. The molecule has 2 rings (SSSR count). The molecule has 14 heavy (non-hydrogen) atoms. The number of halogens is 2. The molecular weight excluding hydrogens is 247 g/mol. The van der Waals surface area contributed by atoms with E-state index in [0.29, 0.717) is 10.3 Å². The molecule has 72 valence electrons. The van der Waals surface area contributed by atoms with Crippen LogP contribution in [0, 0.1) is 5.82 Å². The average molecular weight is 255 g/mol. The Morgan fingerprint density at radius 3 is 2.86 bits per heavy atom. The monoisotopic (exact) mass is 254 g/mol. The van der Waals surface area contributed by atoms with Gasteiger partial charge in [-0.05, 0) is 34.5 Å². The van der Waals surface area contributed by atoms with E-state index in [1.807, 2.05) is 6.92 Å². The highest BCUT2D eigenvalue weighted by Crippen LogP contribution is 2.19. The molecule has 0 N–H and O–H groups in total. The quantitative estimate of drug-likeness (QED) is 0.732. The number of benzene rings is 1. The second-order valence-corrected chi connectivity index (χ2v) is 3.66. The van der Waals surface area contributed by atoms with Gasteiger partial charge in [-0.15, -0.1) is 0 Å². The van der Waals surface area contributed by atoms with Gasteiger partial charge in [-0.25, -0.2) is 14.4 Å². The lowest BCUT2D eigenvalue weighted by atomic mass is 10.1. The van der Waals surface area contributed by atoms with Crippen molar-refractivity contribution in [1.82, 2.24) is 9.97 Å². The molecular formula is C10H8BrFN2. The fourth-order valence-electron chi connectivity index (χ4n) is 1.41. The molecule has 2 aromatic rings. The molecule has 0 aliphatic heterocycles. The van der Waals surface area contributed by atoms with Crippen molar-refractivity contribution in [3.05, 3.63) is 34.4 Å². The minimum Gasteiger partial charge on any atom is -0.227 e. The normalized spacial score (nSPS) is 10.8. The molecule has 0 fully saturated rings. The Kier molecular flexibility index (Phi) is 2.46. The molecule has 0 bridgehead atoms. The van der Waals surface area contributed by atoms with E-state index in [1.165, 1.54) is 12.1 Å². The van der Waals surface area contributed by atoms with Gasteiger partial charge in [0.05, 0.1) is 11.2 Å². The largest absolute Gasteiger partial charge is 0.227 e. The Hall–Kier alpha value is -1.03. The molecule has 4 heteroatoms. The highest BCUT2D eigenvalue weighted by molar-refractivity contribution is 9.10. The van der Waals surface area contributed by atoms with Crippen LogP contribution in [0.25, 0.3) is 10.9 Å². The third kappa shape index (κ3) is 1.62. The molecule has 1 heterocycles. The molecule has 0 atom stereocenters. The maximum Gasteiger partial charge on any atom is 0.197 e. The van der Waals surface area contributed by atoms with Crippen molar-refractivity contribution in [2.75, 3.05) is 0 Å². The van der Waals surface area contributed by atoms with E-state index >= 15 is 0 Å². The number of hydrogen-bond acceptors (Lipinski definition) is 2. The van der Waals surface area contributed by atoms with Crippen molar-refractivity contribution in [2.45, 2.75) is 13.3 Å². The summed E-state index contributed by atoms with van der Waals surface area (Å²) in [5.74, 6) is -0.273. The number of aromatic nitrogens is 2. The van der Waals surface area contributed by atoms with Gasteiger partial charge < -0.3 is 0 Å². The second-order valence-electron chi connectivity index (χ2n) is 2.95.